The number of rotatable bonds is 6. The predicted molar refractivity (Wildman–Crippen MR) is 85.5 cm³/mol. The molecule has 1 aromatic rings. The Labute approximate surface area is 131 Å². The standard InChI is InChI=1S/C17H22FNO2S/c1-22(20,21)11-14-4-5-17(18)8-16(14)10-19-9-15-7-12-2-3-13(15)6-12/h2-5,8,12-13,15,19H,6-7,9-11H2,1H3/t12-,13-,15-/m0/s1. The highest BCUT2D eigenvalue weighted by Gasteiger charge is 2.34. The Morgan fingerprint density at radius 1 is 1.23 bits per heavy atom. The summed E-state index contributed by atoms with van der Waals surface area (Å²) in [6.45, 7) is 1.42. The van der Waals surface area contributed by atoms with E-state index in [0.29, 0.717) is 23.9 Å². The number of allylic oxidation sites excluding steroid dienone is 2. The number of fused-ring (bicyclic) bond motifs is 2. The highest BCUT2D eigenvalue weighted by atomic mass is 32.2. The average molecular weight is 323 g/mol. The van der Waals surface area contributed by atoms with Crippen LogP contribution in [0.4, 0.5) is 4.39 Å². The second-order valence-electron chi connectivity index (χ2n) is 6.65. The predicted octanol–water partition coefficient (Wildman–Crippen LogP) is 2.67. The van der Waals surface area contributed by atoms with Gasteiger partial charge in [-0.25, -0.2) is 12.8 Å². The van der Waals surface area contributed by atoms with Crippen LogP contribution in [-0.2, 0) is 22.1 Å². The van der Waals surface area contributed by atoms with Gasteiger partial charge in [0.1, 0.15) is 5.82 Å². The van der Waals surface area contributed by atoms with Crippen molar-refractivity contribution < 1.29 is 12.8 Å². The smallest absolute Gasteiger partial charge is 0.151 e. The van der Waals surface area contributed by atoms with Crippen LogP contribution >= 0.6 is 0 Å². The molecule has 1 fully saturated rings. The quantitative estimate of drug-likeness (QED) is 0.819. The molecule has 0 unspecified atom stereocenters. The zero-order valence-electron chi connectivity index (χ0n) is 12.8. The van der Waals surface area contributed by atoms with E-state index in [2.05, 4.69) is 17.5 Å². The first-order chi connectivity index (χ1) is 10.4. The van der Waals surface area contributed by atoms with Gasteiger partial charge in [-0.05, 0) is 60.4 Å². The molecule has 0 heterocycles. The summed E-state index contributed by atoms with van der Waals surface area (Å²) in [7, 11) is -3.12. The van der Waals surface area contributed by atoms with Gasteiger partial charge in [-0.1, -0.05) is 18.2 Å². The van der Waals surface area contributed by atoms with Crippen molar-refractivity contribution in [2.75, 3.05) is 12.8 Å². The summed E-state index contributed by atoms with van der Waals surface area (Å²) in [4.78, 5) is 0. The molecule has 120 valence electrons. The maximum Gasteiger partial charge on any atom is 0.151 e. The molecule has 3 rings (SSSR count). The second-order valence-corrected chi connectivity index (χ2v) is 8.79. The molecule has 2 aliphatic rings. The van der Waals surface area contributed by atoms with Crippen LogP contribution in [0.3, 0.4) is 0 Å². The molecule has 1 saturated carbocycles. The zero-order valence-corrected chi connectivity index (χ0v) is 13.6. The van der Waals surface area contributed by atoms with E-state index in [0.717, 1.165) is 18.0 Å². The molecule has 5 heteroatoms. The van der Waals surface area contributed by atoms with Crippen LogP contribution in [0, 0.1) is 23.6 Å². The summed E-state index contributed by atoms with van der Waals surface area (Å²) in [6, 6.07) is 4.34. The minimum atomic E-state index is -3.12. The van der Waals surface area contributed by atoms with Crippen LogP contribution in [0.5, 0.6) is 0 Å². The van der Waals surface area contributed by atoms with Crippen molar-refractivity contribution in [2.24, 2.45) is 17.8 Å². The summed E-state index contributed by atoms with van der Waals surface area (Å²) in [5.41, 5.74) is 1.42. The molecule has 1 aromatic carbocycles. The van der Waals surface area contributed by atoms with E-state index >= 15 is 0 Å². The molecule has 0 aliphatic heterocycles. The van der Waals surface area contributed by atoms with Crippen LogP contribution in [0.1, 0.15) is 24.0 Å². The van der Waals surface area contributed by atoms with Gasteiger partial charge in [-0.2, -0.15) is 0 Å². The summed E-state index contributed by atoms with van der Waals surface area (Å²) in [5.74, 6) is 1.72. The van der Waals surface area contributed by atoms with Crippen molar-refractivity contribution in [3.8, 4) is 0 Å². The molecule has 0 radical (unpaired) electrons. The zero-order chi connectivity index (χ0) is 15.7. The van der Waals surface area contributed by atoms with Crippen molar-refractivity contribution in [1.29, 1.82) is 0 Å². The summed E-state index contributed by atoms with van der Waals surface area (Å²) in [5, 5.41) is 3.39. The average Bonchev–Trinajstić information content (AvgIpc) is 3.03. The molecule has 3 nitrogen and oxygen atoms in total. The fraction of sp³-hybridized carbons (Fsp3) is 0.529. The van der Waals surface area contributed by atoms with E-state index < -0.39 is 9.84 Å². The topological polar surface area (TPSA) is 46.2 Å². The van der Waals surface area contributed by atoms with Gasteiger partial charge in [0.05, 0.1) is 5.75 Å². The highest BCUT2D eigenvalue weighted by Crippen LogP contribution is 2.42. The lowest BCUT2D eigenvalue weighted by Crippen LogP contribution is -2.25. The van der Waals surface area contributed by atoms with Crippen LogP contribution in [0.2, 0.25) is 0 Å². The Morgan fingerprint density at radius 2 is 2.05 bits per heavy atom. The molecule has 2 bridgehead atoms. The normalized spacial score (nSPS) is 26.7. The van der Waals surface area contributed by atoms with Gasteiger partial charge in [0.15, 0.2) is 9.84 Å². The van der Waals surface area contributed by atoms with Crippen molar-refractivity contribution in [3.05, 3.63) is 47.3 Å². The third-order valence-corrected chi connectivity index (χ3v) is 5.56. The number of benzene rings is 1. The largest absolute Gasteiger partial charge is 0.312 e. The van der Waals surface area contributed by atoms with Crippen molar-refractivity contribution in [1.82, 2.24) is 5.32 Å². The second kappa shape index (κ2) is 6.13. The van der Waals surface area contributed by atoms with E-state index in [1.54, 1.807) is 6.07 Å². The molecular formula is C17H22FNO2S. The van der Waals surface area contributed by atoms with Gasteiger partial charge in [0, 0.05) is 12.8 Å². The molecule has 0 aromatic heterocycles. The van der Waals surface area contributed by atoms with Crippen molar-refractivity contribution >= 4 is 9.84 Å². The third kappa shape index (κ3) is 3.76. The summed E-state index contributed by atoms with van der Waals surface area (Å²) < 4.78 is 36.4. The Hall–Kier alpha value is -1.20. The Kier molecular flexibility index (Phi) is 4.37. The Bertz CT molecular complexity index is 684. The molecule has 0 spiro atoms. The van der Waals surface area contributed by atoms with E-state index in [9.17, 15) is 12.8 Å². The van der Waals surface area contributed by atoms with E-state index in [-0.39, 0.29) is 11.6 Å². The van der Waals surface area contributed by atoms with E-state index in [1.807, 2.05) is 0 Å². The van der Waals surface area contributed by atoms with Crippen LogP contribution in [-0.4, -0.2) is 21.2 Å². The Morgan fingerprint density at radius 3 is 2.68 bits per heavy atom. The summed E-state index contributed by atoms with van der Waals surface area (Å²) in [6.07, 6.45) is 8.34. The van der Waals surface area contributed by atoms with Crippen LogP contribution in [0.15, 0.2) is 30.4 Å². The number of nitrogens with one attached hydrogen (secondary N) is 1. The first-order valence-corrected chi connectivity index (χ1v) is 9.81. The van der Waals surface area contributed by atoms with Crippen LogP contribution < -0.4 is 5.32 Å². The molecular weight excluding hydrogens is 301 g/mol. The first-order valence-electron chi connectivity index (χ1n) is 7.75. The monoisotopic (exact) mass is 323 g/mol. The third-order valence-electron chi connectivity index (χ3n) is 4.72. The van der Waals surface area contributed by atoms with Gasteiger partial charge in [0.2, 0.25) is 0 Å². The SMILES string of the molecule is CS(=O)(=O)Cc1ccc(F)cc1CNC[C@@H]1C[C@H]2C=C[C@H]1C2. The lowest BCUT2D eigenvalue weighted by Gasteiger charge is -2.19. The fourth-order valence-electron chi connectivity index (χ4n) is 3.70. The maximum absolute atomic E-state index is 13.4. The van der Waals surface area contributed by atoms with Crippen molar-refractivity contribution in [3.63, 3.8) is 0 Å². The highest BCUT2D eigenvalue weighted by molar-refractivity contribution is 7.89. The van der Waals surface area contributed by atoms with Gasteiger partial charge < -0.3 is 5.32 Å². The number of sulfone groups is 1. The lowest BCUT2D eigenvalue weighted by molar-refractivity contribution is 0.413. The van der Waals surface area contributed by atoms with Crippen LogP contribution in [0.25, 0.3) is 0 Å². The number of hydrogen-bond acceptors (Lipinski definition) is 3. The number of halogens is 1. The molecule has 22 heavy (non-hydrogen) atoms. The molecule has 2 aliphatic carbocycles. The van der Waals surface area contributed by atoms with Crippen molar-refractivity contribution in [2.45, 2.75) is 25.1 Å². The molecule has 0 amide bonds. The Balaban J connectivity index is 1.61. The van der Waals surface area contributed by atoms with E-state index in [1.165, 1.54) is 31.2 Å². The van der Waals surface area contributed by atoms with E-state index in [4.69, 9.17) is 0 Å². The minimum absolute atomic E-state index is 0.0405. The number of hydrogen-bond donors (Lipinski definition) is 1. The van der Waals surface area contributed by atoms with Gasteiger partial charge in [0.25, 0.3) is 0 Å². The maximum atomic E-state index is 13.4. The first kappa shape index (κ1) is 15.7. The minimum Gasteiger partial charge on any atom is -0.312 e. The van der Waals surface area contributed by atoms with Gasteiger partial charge >= 0.3 is 0 Å². The fourth-order valence-corrected chi connectivity index (χ4v) is 4.55. The van der Waals surface area contributed by atoms with Gasteiger partial charge in [-0.3, -0.25) is 0 Å². The molecule has 0 saturated heterocycles. The van der Waals surface area contributed by atoms with Gasteiger partial charge in [-0.15, -0.1) is 0 Å². The molecule has 1 N–H and O–H groups in total. The lowest BCUT2D eigenvalue weighted by atomic mass is 9.93. The molecule has 3 atom stereocenters. The summed E-state index contributed by atoms with van der Waals surface area (Å²) >= 11 is 0.